The Morgan fingerprint density at radius 3 is 2.26 bits per heavy atom. The lowest BCUT2D eigenvalue weighted by molar-refractivity contribution is -0.140. The van der Waals surface area contributed by atoms with Gasteiger partial charge in [-0.2, -0.15) is 0 Å². The number of ether oxygens (including phenoxy) is 1. The summed E-state index contributed by atoms with van der Waals surface area (Å²) in [5.74, 6) is -1.93. The fourth-order valence-corrected chi connectivity index (χ4v) is 3.04. The Kier molecular flexibility index (Phi) is 3.60. The van der Waals surface area contributed by atoms with Crippen LogP contribution < -0.4 is 5.32 Å². The molecule has 1 saturated carbocycles. The SMILES string of the molecule is CC1(CNC(=O)[C@H]2[C@@H](C(=O)O)C2(C)C)CCOCC1. The maximum Gasteiger partial charge on any atom is 0.307 e. The van der Waals surface area contributed by atoms with Crippen LogP contribution in [0.4, 0.5) is 0 Å². The summed E-state index contributed by atoms with van der Waals surface area (Å²) in [5.41, 5.74) is -0.349. The van der Waals surface area contributed by atoms with Gasteiger partial charge in [-0.25, -0.2) is 0 Å². The Morgan fingerprint density at radius 2 is 1.79 bits per heavy atom. The lowest BCUT2D eigenvalue weighted by Gasteiger charge is -2.33. The first kappa shape index (κ1) is 14.3. The molecular formula is C14H23NO4. The number of hydrogen-bond donors (Lipinski definition) is 2. The third-order valence-corrected chi connectivity index (χ3v) is 4.77. The third-order valence-electron chi connectivity index (χ3n) is 4.77. The van der Waals surface area contributed by atoms with E-state index in [-0.39, 0.29) is 11.3 Å². The standard InChI is InChI=1S/C14H23NO4/c1-13(2)9(10(13)12(17)18)11(16)15-8-14(3)4-6-19-7-5-14/h9-10H,4-8H2,1-3H3,(H,15,16)(H,17,18)/t9-,10+/m1/s1. The molecule has 5 heteroatoms. The van der Waals surface area contributed by atoms with E-state index in [1.165, 1.54) is 0 Å². The van der Waals surface area contributed by atoms with E-state index in [0.717, 1.165) is 26.1 Å². The van der Waals surface area contributed by atoms with E-state index in [4.69, 9.17) is 9.84 Å². The average molecular weight is 269 g/mol. The van der Waals surface area contributed by atoms with Crippen molar-refractivity contribution in [2.45, 2.75) is 33.6 Å². The summed E-state index contributed by atoms with van der Waals surface area (Å²) in [4.78, 5) is 23.2. The van der Waals surface area contributed by atoms with E-state index in [0.29, 0.717) is 6.54 Å². The lowest BCUT2D eigenvalue weighted by atomic mass is 9.82. The van der Waals surface area contributed by atoms with Gasteiger partial charge in [0.25, 0.3) is 0 Å². The molecule has 0 bridgehead atoms. The minimum Gasteiger partial charge on any atom is -0.481 e. The second-order valence-electron chi connectivity index (χ2n) is 6.76. The van der Waals surface area contributed by atoms with Gasteiger partial charge in [0.15, 0.2) is 0 Å². The zero-order chi connectivity index (χ0) is 14.3. The van der Waals surface area contributed by atoms with E-state index in [2.05, 4.69) is 12.2 Å². The number of carboxylic acid groups (broad SMARTS) is 1. The van der Waals surface area contributed by atoms with Gasteiger partial charge in [0.1, 0.15) is 0 Å². The summed E-state index contributed by atoms with van der Waals surface area (Å²) in [5, 5.41) is 12.0. The van der Waals surface area contributed by atoms with Gasteiger partial charge in [-0.05, 0) is 23.7 Å². The van der Waals surface area contributed by atoms with Gasteiger partial charge in [0.05, 0.1) is 11.8 Å². The van der Waals surface area contributed by atoms with Crippen LogP contribution in [0.2, 0.25) is 0 Å². The highest BCUT2D eigenvalue weighted by atomic mass is 16.5. The third kappa shape index (κ3) is 2.76. The molecule has 108 valence electrons. The molecule has 1 amide bonds. The van der Waals surface area contributed by atoms with E-state index in [1.807, 2.05) is 13.8 Å². The Bertz CT molecular complexity index is 385. The average Bonchev–Trinajstić information content (AvgIpc) is 2.91. The quantitative estimate of drug-likeness (QED) is 0.806. The Morgan fingerprint density at radius 1 is 1.21 bits per heavy atom. The van der Waals surface area contributed by atoms with Gasteiger partial charge in [-0.3, -0.25) is 9.59 Å². The van der Waals surface area contributed by atoms with Crippen LogP contribution in [0.25, 0.3) is 0 Å². The van der Waals surface area contributed by atoms with Gasteiger partial charge >= 0.3 is 5.97 Å². The zero-order valence-corrected chi connectivity index (χ0v) is 11.9. The fourth-order valence-electron chi connectivity index (χ4n) is 3.04. The van der Waals surface area contributed by atoms with E-state index >= 15 is 0 Å². The number of carbonyl (C=O) groups is 2. The predicted octanol–water partition coefficient (Wildman–Crippen LogP) is 1.28. The molecule has 0 aromatic heterocycles. The van der Waals surface area contributed by atoms with Crippen LogP contribution in [0, 0.1) is 22.7 Å². The highest BCUT2D eigenvalue weighted by molar-refractivity contribution is 5.91. The number of aliphatic carboxylic acids is 1. The van der Waals surface area contributed by atoms with Crippen LogP contribution >= 0.6 is 0 Å². The summed E-state index contributed by atoms with van der Waals surface area (Å²) in [6.45, 7) is 7.90. The van der Waals surface area contributed by atoms with Gasteiger partial charge in [0.2, 0.25) is 5.91 Å². The first-order valence-electron chi connectivity index (χ1n) is 6.86. The van der Waals surface area contributed by atoms with Crippen molar-refractivity contribution in [2.24, 2.45) is 22.7 Å². The predicted molar refractivity (Wildman–Crippen MR) is 69.6 cm³/mol. The first-order chi connectivity index (χ1) is 8.78. The summed E-state index contributed by atoms with van der Waals surface area (Å²) in [6, 6.07) is 0. The summed E-state index contributed by atoms with van der Waals surface area (Å²) in [7, 11) is 0. The minimum absolute atomic E-state index is 0.0751. The molecule has 0 aromatic rings. The summed E-state index contributed by atoms with van der Waals surface area (Å²) < 4.78 is 5.32. The normalized spacial score (nSPS) is 31.5. The van der Waals surface area contributed by atoms with E-state index < -0.39 is 23.2 Å². The largest absolute Gasteiger partial charge is 0.481 e. The summed E-state index contributed by atoms with van der Waals surface area (Å²) >= 11 is 0. The number of nitrogens with one attached hydrogen (secondary N) is 1. The molecule has 2 rings (SSSR count). The van der Waals surface area contributed by atoms with Gasteiger partial charge in [-0.15, -0.1) is 0 Å². The molecule has 0 radical (unpaired) electrons. The molecule has 0 aromatic carbocycles. The van der Waals surface area contributed by atoms with Gasteiger partial charge in [0, 0.05) is 19.8 Å². The van der Waals surface area contributed by atoms with E-state index in [1.54, 1.807) is 0 Å². The number of carbonyl (C=O) groups excluding carboxylic acids is 1. The van der Waals surface area contributed by atoms with Crippen LogP contribution in [0.3, 0.4) is 0 Å². The Hall–Kier alpha value is -1.10. The second kappa shape index (κ2) is 4.78. The Labute approximate surface area is 113 Å². The van der Waals surface area contributed by atoms with Crippen LogP contribution in [-0.2, 0) is 14.3 Å². The smallest absolute Gasteiger partial charge is 0.307 e. The fraction of sp³-hybridized carbons (Fsp3) is 0.857. The minimum atomic E-state index is -0.873. The molecular weight excluding hydrogens is 246 g/mol. The highest BCUT2D eigenvalue weighted by Crippen LogP contribution is 2.58. The molecule has 2 atom stereocenters. The summed E-state index contributed by atoms with van der Waals surface area (Å²) in [6.07, 6.45) is 1.87. The molecule has 19 heavy (non-hydrogen) atoms. The maximum atomic E-state index is 12.1. The Balaban J connectivity index is 1.87. The van der Waals surface area contributed by atoms with Crippen molar-refractivity contribution in [3.63, 3.8) is 0 Å². The van der Waals surface area contributed by atoms with Crippen molar-refractivity contribution >= 4 is 11.9 Å². The molecule has 0 unspecified atom stereocenters. The second-order valence-corrected chi connectivity index (χ2v) is 6.76. The first-order valence-corrected chi connectivity index (χ1v) is 6.86. The topological polar surface area (TPSA) is 75.6 Å². The molecule has 2 fully saturated rings. The highest BCUT2D eigenvalue weighted by Gasteiger charge is 2.65. The van der Waals surface area contributed by atoms with Crippen molar-refractivity contribution in [3.05, 3.63) is 0 Å². The molecule has 1 aliphatic carbocycles. The molecule has 1 heterocycles. The lowest BCUT2D eigenvalue weighted by Crippen LogP contribution is -2.40. The van der Waals surface area contributed by atoms with Crippen molar-refractivity contribution in [2.75, 3.05) is 19.8 Å². The number of hydrogen-bond acceptors (Lipinski definition) is 3. The molecule has 0 spiro atoms. The van der Waals surface area contributed by atoms with Crippen LogP contribution in [0.1, 0.15) is 33.6 Å². The van der Waals surface area contributed by atoms with E-state index in [9.17, 15) is 9.59 Å². The van der Waals surface area contributed by atoms with Crippen LogP contribution in [-0.4, -0.2) is 36.7 Å². The molecule has 2 aliphatic rings. The molecule has 2 N–H and O–H groups in total. The van der Waals surface area contributed by atoms with Crippen molar-refractivity contribution in [3.8, 4) is 0 Å². The molecule has 5 nitrogen and oxygen atoms in total. The molecule has 1 saturated heterocycles. The maximum absolute atomic E-state index is 12.1. The van der Waals surface area contributed by atoms with Crippen molar-refractivity contribution in [1.29, 1.82) is 0 Å². The van der Waals surface area contributed by atoms with Crippen molar-refractivity contribution in [1.82, 2.24) is 5.32 Å². The van der Waals surface area contributed by atoms with Crippen molar-refractivity contribution < 1.29 is 19.4 Å². The number of amides is 1. The van der Waals surface area contributed by atoms with Crippen LogP contribution in [0.15, 0.2) is 0 Å². The zero-order valence-electron chi connectivity index (χ0n) is 11.9. The monoisotopic (exact) mass is 269 g/mol. The van der Waals surface area contributed by atoms with Crippen LogP contribution in [0.5, 0.6) is 0 Å². The molecule has 1 aliphatic heterocycles. The number of rotatable bonds is 4. The number of carboxylic acids is 1. The van der Waals surface area contributed by atoms with Gasteiger partial charge < -0.3 is 15.2 Å². The van der Waals surface area contributed by atoms with Gasteiger partial charge in [-0.1, -0.05) is 20.8 Å².